The highest BCUT2D eigenvalue weighted by atomic mass is 79.9. The lowest BCUT2D eigenvalue weighted by Gasteiger charge is -2.16. The van der Waals surface area contributed by atoms with Crippen LogP contribution in [0.5, 0.6) is 0 Å². The Bertz CT molecular complexity index is 371. The van der Waals surface area contributed by atoms with Crippen LogP contribution >= 0.6 is 15.9 Å². The van der Waals surface area contributed by atoms with Gasteiger partial charge in [-0.15, -0.1) is 0 Å². The molecule has 0 spiro atoms. The zero-order valence-electron chi connectivity index (χ0n) is 9.93. The SMILES string of the molecule is C[C@@H](NCCOCC(F)(F)F)c1ccccc1Br. The van der Waals surface area contributed by atoms with Crippen molar-refractivity contribution in [2.75, 3.05) is 19.8 Å². The molecule has 0 bridgehead atoms. The molecule has 1 N–H and O–H groups in total. The average molecular weight is 326 g/mol. The summed E-state index contributed by atoms with van der Waals surface area (Å²) in [5.74, 6) is 0. The smallest absolute Gasteiger partial charge is 0.371 e. The van der Waals surface area contributed by atoms with Crippen LogP contribution in [0, 0.1) is 0 Å². The second-order valence-electron chi connectivity index (χ2n) is 3.87. The molecule has 18 heavy (non-hydrogen) atoms. The highest BCUT2D eigenvalue weighted by Gasteiger charge is 2.27. The third-order valence-corrected chi connectivity index (χ3v) is 3.06. The third-order valence-electron chi connectivity index (χ3n) is 2.33. The maximum atomic E-state index is 11.8. The summed E-state index contributed by atoms with van der Waals surface area (Å²) in [6.07, 6.45) is -4.26. The van der Waals surface area contributed by atoms with Crippen molar-refractivity contribution in [1.82, 2.24) is 5.32 Å². The van der Waals surface area contributed by atoms with E-state index in [1.165, 1.54) is 0 Å². The van der Waals surface area contributed by atoms with Crippen LogP contribution in [0.25, 0.3) is 0 Å². The van der Waals surface area contributed by atoms with Crippen molar-refractivity contribution >= 4 is 15.9 Å². The highest BCUT2D eigenvalue weighted by Crippen LogP contribution is 2.22. The van der Waals surface area contributed by atoms with Gasteiger partial charge in [0.05, 0.1) is 6.61 Å². The zero-order valence-corrected chi connectivity index (χ0v) is 11.5. The maximum Gasteiger partial charge on any atom is 0.411 e. The molecule has 0 fully saturated rings. The van der Waals surface area contributed by atoms with Crippen molar-refractivity contribution in [1.29, 1.82) is 0 Å². The first-order valence-corrected chi connectivity index (χ1v) is 6.32. The van der Waals surface area contributed by atoms with Gasteiger partial charge in [0.2, 0.25) is 0 Å². The van der Waals surface area contributed by atoms with Gasteiger partial charge in [0.1, 0.15) is 6.61 Å². The van der Waals surface area contributed by atoms with Crippen LogP contribution in [-0.2, 0) is 4.74 Å². The fourth-order valence-electron chi connectivity index (χ4n) is 1.47. The standard InChI is InChI=1S/C12H15BrF3NO/c1-9(10-4-2-3-5-11(10)13)17-6-7-18-8-12(14,15)16/h2-5,9,17H,6-8H2,1H3/t9-/m1/s1. The minimum atomic E-state index is -4.26. The Morgan fingerprint density at radius 3 is 2.61 bits per heavy atom. The first-order chi connectivity index (χ1) is 8.40. The maximum absolute atomic E-state index is 11.8. The minimum Gasteiger partial charge on any atom is -0.371 e. The Labute approximate surface area is 113 Å². The molecule has 0 heterocycles. The van der Waals surface area contributed by atoms with Crippen LogP contribution < -0.4 is 5.32 Å². The summed E-state index contributed by atoms with van der Waals surface area (Å²) >= 11 is 3.43. The lowest BCUT2D eigenvalue weighted by Crippen LogP contribution is -2.26. The first kappa shape index (κ1) is 15.5. The van der Waals surface area contributed by atoms with Crippen molar-refractivity contribution in [2.45, 2.75) is 19.1 Å². The second-order valence-corrected chi connectivity index (χ2v) is 4.72. The molecule has 0 unspecified atom stereocenters. The van der Waals surface area contributed by atoms with Crippen molar-refractivity contribution in [3.05, 3.63) is 34.3 Å². The number of alkyl halides is 3. The van der Waals surface area contributed by atoms with Crippen LogP contribution in [-0.4, -0.2) is 25.9 Å². The third kappa shape index (κ3) is 5.84. The van der Waals surface area contributed by atoms with E-state index in [4.69, 9.17) is 0 Å². The zero-order chi connectivity index (χ0) is 13.6. The molecular weight excluding hydrogens is 311 g/mol. The molecule has 0 aliphatic heterocycles. The summed E-state index contributed by atoms with van der Waals surface area (Å²) in [5, 5.41) is 3.10. The van der Waals surface area contributed by atoms with Gasteiger partial charge in [0.15, 0.2) is 0 Å². The second kappa shape index (κ2) is 7.11. The lowest BCUT2D eigenvalue weighted by molar-refractivity contribution is -0.173. The molecule has 1 aromatic rings. The van der Waals surface area contributed by atoms with E-state index >= 15 is 0 Å². The quantitative estimate of drug-likeness (QED) is 0.805. The van der Waals surface area contributed by atoms with Crippen molar-refractivity contribution in [2.24, 2.45) is 0 Å². The molecule has 0 aliphatic rings. The Morgan fingerprint density at radius 1 is 1.33 bits per heavy atom. The summed E-state index contributed by atoms with van der Waals surface area (Å²) in [4.78, 5) is 0. The molecule has 0 aromatic heterocycles. The number of ether oxygens (including phenoxy) is 1. The lowest BCUT2D eigenvalue weighted by atomic mass is 10.1. The number of halogens is 4. The topological polar surface area (TPSA) is 21.3 Å². The predicted molar refractivity (Wildman–Crippen MR) is 67.4 cm³/mol. The Balaban J connectivity index is 2.26. The summed E-state index contributed by atoms with van der Waals surface area (Å²) in [5.41, 5.74) is 1.06. The fraction of sp³-hybridized carbons (Fsp3) is 0.500. The normalized spacial score (nSPS) is 13.6. The molecule has 1 aromatic carbocycles. The van der Waals surface area contributed by atoms with Gasteiger partial charge in [0.25, 0.3) is 0 Å². The largest absolute Gasteiger partial charge is 0.411 e. The molecule has 0 saturated carbocycles. The fourth-order valence-corrected chi connectivity index (χ4v) is 2.10. The van der Waals surface area contributed by atoms with Crippen LogP contribution in [0.15, 0.2) is 28.7 Å². The molecule has 0 saturated heterocycles. The Morgan fingerprint density at radius 2 is 2.00 bits per heavy atom. The van der Waals surface area contributed by atoms with E-state index in [1.54, 1.807) is 0 Å². The summed E-state index contributed by atoms with van der Waals surface area (Å²) in [6, 6.07) is 7.76. The van der Waals surface area contributed by atoms with E-state index < -0.39 is 12.8 Å². The van der Waals surface area contributed by atoms with Gasteiger partial charge >= 0.3 is 6.18 Å². The van der Waals surface area contributed by atoms with Crippen molar-refractivity contribution in [3.8, 4) is 0 Å². The van der Waals surface area contributed by atoms with E-state index in [2.05, 4.69) is 26.0 Å². The minimum absolute atomic E-state index is 0.0360. The first-order valence-electron chi connectivity index (χ1n) is 5.52. The highest BCUT2D eigenvalue weighted by molar-refractivity contribution is 9.10. The van der Waals surface area contributed by atoms with Gasteiger partial charge in [-0.25, -0.2) is 0 Å². The number of rotatable bonds is 6. The van der Waals surface area contributed by atoms with E-state index in [-0.39, 0.29) is 12.6 Å². The van der Waals surface area contributed by atoms with Crippen molar-refractivity contribution in [3.63, 3.8) is 0 Å². The van der Waals surface area contributed by atoms with Crippen LogP contribution in [0.4, 0.5) is 13.2 Å². The molecule has 0 radical (unpaired) electrons. The van der Waals surface area contributed by atoms with E-state index in [0.29, 0.717) is 6.54 Å². The number of hydrogen-bond donors (Lipinski definition) is 1. The number of hydrogen-bond acceptors (Lipinski definition) is 2. The monoisotopic (exact) mass is 325 g/mol. The Kier molecular flexibility index (Phi) is 6.11. The van der Waals surface area contributed by atoms with Gasteiger partial charge in [-0.1, -0.05) is 34.1 Å². The van der Waals surface area contributed by atoms with E-state index in [9.17, 15) is 13.2 Å². The molecular formula is C12H15BrF3NO. The number of nitrogens with one attached hydrogen (secondary N) is 1. The summed E-state index contributed by atoms with van der Waals surface area (Å²) in [7, 11) is 0. The van der Waals surface area contributed by atoms with E-state index in [0.717, 1.165) is 10.0 Å². The van der Waals surface area contributed by atoms with Gasteiger partial charge in [-0.3, -0.25) is 0 Å². The van der Waals surface area contributed by atoms with E-state index in [1.807, 2.05) is 31.2 Å². The predicted octanol–water partition coefficient (Wildman–Crippen LogP) is 3.68. The van der Waals surface area contributed by atoms with Gasteiger partial charge in [0, 0.05) is 17.1 Å². The van der Waals surface area contributed by atoms with Crippen LogP contribution in [0.2, 0.25) is 0 Å². The Hall–Kier alpha value is -0.590. The molecule has 1 atom stereocenters. The molecule has 6 heteroatoms. The van der Waals surface area contributed by atoms with Crippen molar-refractivity contribution < 1.29 is 17.9 Å². The van der Waals surface area contributed by atoms with Gasteiger partial charge in [-0.2, -0.15) is 13.2 Å². The molecule has 1 rings (SSSR count). The molecule has 102 valence electrons. The average Bonchev–Trinajstić information content (AvgIpc) is 2.27. The molecule has 0 amide bonds. The summed E-state index contributed by atoms with van der Waals surface area (Å²) in [6.45, 7) is 1.16. The van der Waals surface area contributed by atoms with Crippen LogP contribution in [0.3, 0.4) is 0 Å². The molecule has 0 aliphatic carbocycles. The summed E-state index contributed by atoms with van der Waals surface area (Å²) < 4.78 is 40.9. The molecule has 2 nitrogen and oxygen atoms in total. The van der Waals surface area contributed by atoms with Crippen LogP contribution in [0.1, 0.15) is 18.5 Å². The van der Waals surface area contributed by atoms with Gasteiger partial charge in [-0.05, 0) is 18.6 Å². The van der Waals surface area contributed by atoms with Gasteiger partial charge < -0.3 is 10.1 Å². The number of benzene rings is 1.